The van der Waals surface area contributed by atoms with E-state index >= 15 is 0 Å². The number of alkyl halides is 5. The smallest absolute Gasteiger partial charge is 0.453 e. The van der Waals surface area contributed by atoms with Crippen molar-refractivity contribution in [2.24, 2.45) is 0 Å². The lowest BCUT2D eigenvalue weighted by Gasteiger charge is -2.19. The van der Waals surface area contributed by atoms with Crippen LogP contribution in [0.2, 0.25) is 0 Å². The van der Waals surface area contributed by atoms with Crippen LogP contribution in [0.5, 0.6) is 0 Å². The number of esters is 1. The summed E-state index contributed by atoms with van der Waals surface area (Å²) >= 11 is 1.40. The zero-order valence-electron chi connectivity index (χ0n) is 14.3. The monoisotopic (exact) mass is 378 g/mol. The first-order valence-electron chi connectivity index (χ1n) is 8.38. The van der Waals surface area contributed by atoms with Crippen LogP contribution in [0.25, 0.3) is 0 Å². The molecule has 0 rings (SSSR count). The molecule has 0 aromatic carbocycles. The second kappa shape index (κ2) is 11.9. The Labute approximate surface area is 144 Å². The van der Waals surface area contributed by atoms with Crippen LogP contribution in [0, 0.1) is 0 Å². The molecule has 8 heteroatoms. The molecule has 2 nitrogen and oxygen atoms in total. The fourth-order valence-electron chi connectivity index (χ4n) is 2.08. The highest BCUT2D eigenvalue weighted by atomic mass is 32.2. The molecule has 1 unspecified atom stereocenters. The van der Waals surface area contributed by atoms with E-state index in [0.29, 0.717) is 25.2 Å². The van der Waals surface area contributed by atoms with Crippen molar-refractivity contribution in [1.82, 2.24) is 0 Å². The fraction of sp³-hybridized carbons (Fsp3) is 0.938. The molecule has 0 fully saturated rings. The number of halogens is 5. The minimum absolute atomic E-state index is 0.188. The number of hydrogen-bond donors (Lipinski definition) is 0. The Balaban J connectivity index is 4.04. The lowest BCUT2D eigenvalue weighted by atomic mass is 10.1. The third-order valence-corrected chi connectivity index (χ3v) is 4.84. The van der Waals surface area contributed by atoms with Gasteiger partial charge in [-0.3, -0.25) is 4.79 Å². The Hall–Kier alpha value is -0.530. The van der Waals surface area contributed by atoms with E-state index in [4.69, 9.17) is 4.74 Å². The Morgan fingerprint density at radius 1 is 1.00 bits per heavy atom. The molecule has 0 aliphatic heterocycles. The number of unbranched alkanes of at least 4 members (excludes halogenated alkanes) is 4. The summed E-state index contributed by atoms with van der Waals surface area (Å²) in [6.07, 6.45) is -2.40. The quantitative estimate of drug-likeness (QED) is 0.224. The molecule has 1 atom stereocenters. The summed E-state index contributed by atoms with van der Waals surface area (Å²) in [7, 11) is 0. The summed E-state index contributed by atoms with van der Waals surface area (Å²) in [4.78, 5) is 11.8. The SMILES string of the molecule is CCCCCC(SCCCCCC(F)(F)C(F)(F)F)C(=O)OCC. The maximum atomic E-state index is 12.7. The molecule has 0 saturated carbocycles. The largest absolute Gasteiger partial charge is 0.465 e. The molecule has 0 amide bonds. The highest BCUT2D eigenvalue weighted by molar-refractivity contribution is 8.00. The van der Waals surface area contributed by atoms with Gasteiger partial charge >= 0.3 is 18.1 Å². The van der Waals surface area contributed by atoms with Gasteiger partial charge in [0.25, 0.3) is 0 Å². The first-order chi connectivity index (χ1) is 11.2. The van der Waals surface area contributed by atoms with Gasteiger partial charge in [0, 0.05) is 6.42 Å². The predicted octanol–water partition coefficient (Wildman–Crippen LogP) is 5.99. The van der Waals surface area contributed by atoms with Crippen LogP contribution in [0.3, 0.4) is 0 Å². The highest BCUT2D eigenvalue weighted by Gasteiger charge is 2.56. The summed E-state index contributed by atoms with van der Waals surface area (Å²) in [5.74, 6) is -4.34. The van der Waals surface area contributed by atoms with Crippen LogP contribution < -0.4 is 0 Å². The second-order valence-corrected chi connectivity index (χ2v) is 6.93. The summed E-state index contributed by atoms with van der Waals surface area (Å²) in [5.41, 5.74) is 0. The van der Waals surface area contributed by atoms with E-state index in [0.717, 1.165) is 19.3 Å². The van der Waals surface area contributed by atoms with Crippen molar-refractivity contribution in [3.05, 3.63) is 0 Å². The Kier molecular flexibility index (Phi) is 11.7. The summed E-state index contributed by atoms with van der Waals surface area (Å²) in [5, 5.41) is -0.284. The fourth-order valence-corrected chi connectivity index (χ4v) is 3.27. The lowest BCUT2D eigenvalue weighted by Crippen LogP contribution is -2.36. The Morgan fingerprint density at radius 2 is 1.67 bits per heavy atom. The minimum atomic E-state index is -5.48. The molecular formula is C16H27F5O2S. The average Bonchev–Trinajstić information content (AvgIpc) is 2.47. The molecule has 0 radical (unpaired) electrons. The van der Waals surface area contributed by atoms with Gasteiger partial charge in [-0.25, -0.2) is 0 Å². The maximum absolute atomic E-state index is 12.7. The van der Waals surface area contributed by atoms with Crippen molar-refractivity contribution >= 4 is 17.7 Å². The number of carbonyl (C=O) groups is 1. The van der Waals surface area contributed by atoms with Crippen LogP contribution in [-0.2, 0) is 9.53 Å². The first-order valence-corrected chi connectivity index (χ1v) is 9.43. The van der Waals surface area contributed by atoms with Gasteiger partial charge in [-0.15, -0.1) is 11.8 Å². The zero-order valence-corrected chi connectivity index (χ0v) is 15.1. The van der Waals surface area contributed by atoms with Crippen LogP contribution in [-0.4, -0.2) is 35.7 Å². The number of thioether (sulfide) groups is 1. The maximum Gasteiger partial charge on any atom is 0.453 e. The van der Waals surface area contributed by atoms with Crippen molar-refractivity contribution in [3.8, 4) is 0 Å². The highest BCUT2D eigenvalue weighted by Crippen LogP contribution is 2.39. The topological polar surface area (TPSA) is 26.3 Å². The van der Waals surface area contributed by atoms with Crippen molar-refractivity contribution < 1.29 is 31.5 Å². The van der Waals surface area contributed by atoms with Gasteiger partial charge in [-0.05, 0) is 31.9 Å². The molecule has 0 N–H and O–H groups in total. The van der Waals surface area contributed by atoms with Gasteiger partial charge in [0.15, 0.2) is 0 Å². The Bertz CT molecular complexity index is 348. The van der Waals surface area contributed by atoms with Gasteiger partial charge in [0.1, 0.15) is 5.25 Å². The molecule has 0 aromatic heterocycles. The summed E-state index contributed by atoms with van der Waals surface area (Å²) < 4.78 is 66.5. The predicted molar refractivity (Wildman–Crippen MR) is 86.5 cm³/mol. The molecular weight excluding hydrogens is 351 g/mol. The molecule has 0 saturated heterocycles. The second-order valence-electron chi connectivity index (χ2n) is 5.62. The number of rotatable bonds is 13. The first kappa shape index (κ1) is 23.5. The van der Waals surface area contributed by atoms with E-state index in [-0.39, 0.29) is 24.1 Å². The molecule has 144 valence electrons. The molecule has 0 aliphatic rings. The summed E-state index contributed by atoms with van der Waals surface area (Å²) in [6, 6.07) is 0. The van der Waals surface area contributed by atoms with Crippen LogP contribution in [0.4, 0.5) is 22.0 Å². The van der Waals surface area contributed by atoms with E-state index in [2.05, 4.69) is 6.92 Å². The van der Waals surface area contributed by atoms with Gasteiger partial charge in [-0.2, -0.15) is 22.0 Å². The molecule has 0 aliphatic carbocycles. The number of ether oxygens (including phenoxy) is 1. The molecule has 0 spiro atoms. The third kappa shape index (κ3) is 9.69. The summed E-state index contributed by atoms with van der Waals surface area (Å²) in [6.45, 7) is 4.09. The number of carbonyl (C=O) groups excluding carboxylic acids is 1. The molecule has 24 heavy (non-hydrogen) atoms. The van der Waals surface area contributed by atoms with Crippen molar-refractivity contribution in [2.45, 2.75) is 82.6 Å². The van der Waals surface area contributed by atoms with Crippen molar-refractivity contribution in [1.29, 1.82) is 0 Å². The van der Waals surface area contributed by atoms with Crippen LogP contribution >= 0.6 is 11.8 Å². The van der Waals surface area contributed by atoms with Crippen LogP contribution in [0.1, 0.15) is 65.2 Å². The molecule has 0 bridgehead atoms. The molecule has 0 aromatic rings. The lowest BCUT2D eigenvalue weighted by molar-refractivity contribution is -0.284. The normalized spacial score (nSPS) is 13.8. The van der Waals surface area contributed by atoms with E-state index < -0.39 is 18.5 Å². The van der Waals surface area contributed by atoms with Gasteiger partial charge in [-0.1, -0.05) is 32.6 Å². The van der Waals surface area contributed by atoms with E-state index in [1.807, 2.05) is 0 Å². The minimum Gasteiger partial charge on any atom is -0.465 e. The van der Waals surface area contributed by atoms with Gasteiger partial charge in [0.05, 0.1) is 6.61 Å². The number of hydrogen-bond acceptors (Lipinski definition) is 3. The molecule has 0 heterocycles. The van der Waals surface area contributed by atoms with Gasteiger partial charge in [0.2, 0.25) is 0 Å². The van der Waals surface area contributed by atoms with E-state index in [1.54, 1.807) is 6.92 Å². The van der Waals surface area contributed by atoms with Crippen molar-refractivity contribution in [3.63, 3.8) is 0 Å². The van der Waals surface area contributed by atoms with E-state index in [9.17, 15) is 26.7 Å². The standard InChI is InChI=1S/C16H27F5O2S/c1-3-5-7-10-13(14(22)23-4-2)24-12-9-6-8-11-15(17,18)16(19,20)21/h13H,3-12H2,1-2H3. The van der Waals surface area contributed by atoms with E-state index in [1.165, 1.54) is 11.8 Å². The Morgan fingerprint density at radius 3 is 2.21 bits per heavy atom. The average molecular weight is 378 g/mol. The van der Waals surface area contributed by atoms with Gasteiger partial charge < -0.3 is 4.74 Å². The third-order valence-electron chi connectivity index (χ3n) is 3.49. The van der Waals surface area contributed by atoms with Crippen molar-refractivity contribution in [2.75, 3.05) is 12.4 Å². The van der Waals surface area contributed by atoms with Crippen LogP contribution in [0.15, 0.2) is 0 Å². The zero-order chi connectivity index (χ0) is 18.6.